The number of anilines is 1. The van der Waals surface area contributed by atoms with Gasteiger partial charge in [-0.15, -0.1) is 0 Å². The Kier molecular flexibility index (Phi) is 6.72. The lowest BCUT2D eigenvalue weighted by Crippen LogP contribution is -3.14. The number of methoxy groups -OCH3 is 1. The molecule has 0 aliphatic carbocycles. The summed E-state index contributed by atoms with van der Waals surface area (Å²) < 4.78 is 10.6. The number of rotatable bonds is 6. The molecule has 1 aliphatic heterocycles. The van der Waals surface area contributed by atoms with Crippen molar-refractivity contribution < 1.29 is 14.4 Å². The Balaban J connectivity index is 1.65. The van der Waals surface area contributed by atoms with Crippen LogP contribution in [0.3, 0.4) is 0 Å². The number of thiocarbonyl (C=S) groups is 1. The van der Waals surface area contributed by atoms with Crippen LogP contribution in [-0.4, -0.2) is 51.6 Å². The van der Waals surface area contributed by atoms with Crippen molar-refractivity contribution >= 4 is 23.0 Å². The van der Waals surface area contributed by atoms with E-state index in [4.69, 9.17) is 21.7 Å². The topological polar surface area (TPSA) is 47.0 Å². The monoisotopic (exact) mass is 310 g/mol. The van der Waals surface area contributed by atoms with Crippen molar-refractivity contribution in [1.29, 1.82) is 0 Å². The van der Waals surface area contributed by atoms with Gasteiger partial charge in [-0.3, -0.25) is 0 Å². The smallest absolute Gasteiger partial charge is 0.170 e. The van der Waals surface area contributed by atoms with Gasteiger partial charge in [-0.1, -0.05) is 12.1 Å². The lowest BCUT2D eigenvalue weighted by molar-refractivity contribution is -0.908. The Morgan fingerprint density at radius 3 is 2.86 bits per heavy atom. The van der Waals surface area contributed by atoms with E-state index in [2.05, 4.69) is 10.6 Å². The van der Waals surface area contributed by atoms with Crippen LogP contribution in [0.5, 0.6) is 5.75 Å². The SMILES string of the molecule is COc1ccccc1NC(=S)NCCC[NH+]1CCOCC1. The summed E-state index contributed by atoms with van der Waals surface area (Å²) in [6.07, 6.45) is 1.10. The Labute approximate surface area is 131 Å². The molecule has 1 aliphatic rings. The largest absolute Gasteiger partial charge is 0.495 e. The van der Waals surface area contributed by atoms with Gasteiger partial charge in [0.05, 0.1) is 32.6 Å². The summed E-state index contributed by atoms with van der Waals surface area (Å²) in [5, 5.41) is 7.05. The Morgan fingerprint density at radius 2 is 2.10 bits per heavy atom. The second-order valence-corrected chi connectivity index (χ2v) is 5.46. The number of ether oxygens (including phenoxy) is 2. The molecule has 1 fully saturated rings. The summed E-state index contributed by atoms with van der Waals surface area (Å²) in [5.41, 5.74) is 0.885. The van der Waals surface area contributed by atoms with Gasteiger partial charge in [0.15, 0.2) is 5.11 Å². The van der Waals surface area contributed by atoms with Crippen LogP contribution in [0.15, 0.2) is 24.3 Å². The van der Waals surface area contributed by atoms with Crippen molar-refractivity contribution in [3.8, 4) is 5.75 Å². The highest BCUT2D eigenvalue weighted by Gasteiger charge is 2.12. The zero-order valence-electron chi connectivity index (χ0n) is 12.5. The summed E-state index contributed by atoms with van der Waals surface area (Å²) in [6, 6.07) is 7.75. The molecule has 0 spiro atoms. The molecular formula is C15H24N3O2S+. The van der Waals surface area contributed by atoms with Gasteiger partial charge in [-0.2, -0.15) is 0 Å². The predicted molar refractivity (Wildman–Crippen MR) is 88.2 cm³/mol. The number of nitrogens with one attached hydrogen (secondary N) is 3. The highest BCUT2D eigenvalue weighted by molar-refractivity contribution is 7.80. The highest BCUT2D eigenvalue weighted by Crippen LogP contribution is 2.22. The average Bonchev–Trinajstić information content (AvgIpc) is 2.53. The number of hydrogen-bond donors (Lipinski definition) is 3. The van der Waals surface area contributed by atoms with Crippen LogP contribution in [0.2, 0.25) is 0 Å². The first-order valence-corrected chi connectivity index (χ1v) is 7.79. The molecule has 1 aromatic carbocycles. The summed E-state index contributed by atoms with van der Waals surface area (Å²) >= 11 is 5.31. The summed E-state index contributed by atoms with van der Waals surface area (Å²) in [6.45, 7) is 6.04. The molecule has 0 saturated carbocycles. The van der Waals surface area contributed by atoms with Gasteiger partial charge in [0.1, 0.15) is 18.8 Å². The van der Waals surface area contributed by atoms with E-state index in [1.165, 1.54) is 0 Å². The van der Waals surface area contributed by atoms with Gasteiger partial charge >= 0.3 is 0 Å². The van der Waals surface area contributed by atoms with Crippen molar-refractivity contribution in [1.82, 2.24) is 5.32 Å². The maximum absolute atomic E-state index is 5.35. The fourth-order valence-electron chi connectivity index (χ4n) is 2.36. The minimum Gasteiger partial charge on any atom is -0.495 e. The zero-order valence-corrected chi connectivity index (χ0v) is 13.3. The van der Waals surface area contributed by atoms with Crippen LogP contribution in [0.1, 0.15) is 6.42 Å². The van der Waals surface area contributed by atoms with E-state index in [0.29, 0.717) is 5.11 Å². The summed E-state index contributed by atoms with van der Waals surface area (Å²) in [5.74, 6) is 0.791. The van der Waals surface area contributed by atoms with Crippen molar-refractivity contribution in [2.45, 2.75) is 6.42 Å². The van der Waals surface area contributed by atoms with E-state index < -0.39 is 0 Å². The van der Waals surface area contributed by atoms with E-state index in [1.54, 1.807) is 12.0 Å². The van der Waals surface area contributed by atoms with Gasteiger partial charge in [-0.25, -0.2) is 0 Å². The number of hydrogen-bond acceptors (Lipinski definition) is 3. The standard InChI is InChI=1S/C15H23N3O2S/c1-19-14-6-3-2-5-13(14)17-15(21)16-7-4-8-18-9-11-20-12-10-18/h2-3,5-6H,4,7-12H2,1H3,(H2,16,17,21)/p+1. The molecule has 0 amide bonds. The molecule has 2 rings (SSSR count). The molecule has 6 heteroatoms. The first kappa shape index (κ1) is 16.0. The molecule has 5 nitrogen and oxygen atoms in total. The quantitative estimate of drug-likeness (QED) is 0.521. The molecule has 0 atom stereocenters. The van der Waals surface area contributed by atoms with Crippen LogP contribution in [0, 0.1) is 0 Å². The van der Waals surface area contributed by atoms with Crippen molar-refractivity contribution in [3.63, 3.8) is 0 Å². The van der Waals surface area contributed by atoms with E-state index in [1.807, 2.05) is 24.3 Å². The van der Waals surface area contributed by atoms with Gasteiger partial charge in [-0.05, 0) is 24.4 Å². The fourth-order valence-corrected chi connectivity index (χ4v) is 2.58. The third-order valence-electron chi connectivity index (χ3n) is 3.55. The molecule has 21 heavy (non-hydrogen) atoms. The van der Waals surface area contributed by atoms with Crippen LogP contribution < -0.4 is 20.3 Å². The number of benzene rings is 1. The molecule has 0 bridgehead atoms. The minimum absolute atomic E-state index is 0.636. The van der Waals surface area contributed by atoms with Gasteiger partial charge < -0.3 is 25.0 Å². The fraction of sp³-hybridized carbons (Fsp3) is 0.533. The number of morpholine rings is 1. The maximum Gasteiger partial charge on any atom is 0.170 e. The maximum atomic E-state index is 5.35. The number of quaternary nitrogens is 1. The number of para-hydroxylation sites is 2. The minimum atomic E-state index is 0.636. The predicted octanol–water partition coefficient (Wildman–Crippen LogP) is 0.287. The molecule has 116 valence electrons. The van der Waals surface area contributed by atoms with E-state index >= 15 is 0 Å². The molecule has 1 aromatic rings. The molecule has 3 N–H and O–H groups in total. The average molecular weight is 310 g/mol. The molecule has 0 unspecified atom stereocenters. The molecule has 1 saturated heterocycles. The highest BCUT2D eigenvalue weighted by atomic mass is 32.1. The molecular weight excluding hydrogens is 286 g/mol. The first-order valence-electron chi connectivity index (χ1n) is 7.39. The van der Waals surface area contributed by atoms with Gasteiger partial charge in [0.2, 0.25) is 0 Å². The van der Waals surface area contributed by atoms with E-state index in [0.717, 1.165) is 57.3 Å². The Hall–Kier alpha value is -1.37. The zero-order chi connectivity index (χ0) is 14.9. The first-order chi connectivity index (χ1) is 10.3. The van der Waals surface area contributed by atoms with Crippen LogP contribution >= 0.6 is 12.2 Å². The third kappa shape index (κ3) is 5.49. The molecule has 1 heterocycles. The van der Waals surface area contributed by atoms with Crippen LogP contribution in [0.4, 0.5) is 5.69 Å². The van der Waals surface area contributed by atoms with E-state index in [9.17, 15) is 0 Å². The lowest BCUT2D eigenvalue weighted by Gasteiger charge is -2.23. The van der Waals surface area contributed by atoms with Crippen molar-refractivity contribution in [2.24, 2.45) is 0 Å². The lowest BCUT2D eigenvalue weighted by atomic mass is 10.3. The third-order valence-corrected chi connectivity index (χ3v) is 3.79. The second-order valence-electron chi connectivity index (χ2n) is 5.05. The molecule has 0 radical (unpaired) electrons. The summed E-state index contributed by atoms with van der Waals surface area (Å²) in [4.78, 5) is 1.62. The van der Waals surface area contributed by atoms with Crippen LogP contribution in [0.25, 0.3) is 0 Å². The van der Waals surface area contributed by atoms with E-state index in [-0.39, 0.29) is 0 Å². The van der Waals surface area contributed by atoms with Gasteiger partial charge in [0.25, 0.3) is 0 Å². The van der Waals surface area contributed by atoms with Gasteiger partial charge in [0, 0.05) is 13.0 Å². The summed E-state index contributed by atoms with van der Waals surface area (Å²) in [7, 11) is 1.65. The molecule has 0 aromatic heterocycles. The van der Waals surface area contributed by atoms with Crippen molar-refractivity contribution in [3.05, 3.63) is 24.3 Å². The Bertz CT molecular complexity index is 450. The second kappa shape index (κ2) is 8.81. The Morgan fingerprint density at radius 1 is 1.33 bits per heavy atom. The van der Waals surface area contributed by atoms with Crippen molar-refractivity contribution in [2.75, 3.05) is 51.8 Å². The van der Waals surface area contributed by atoms with Crippen LogP contribution in [-0.2, 0) is 4.74 Å². The normalized spacial score (nSPS) is 15.5.